The number of hydrogen-bond donors (Lipinski definition) is 1. The smallest absolute Gasteiger partial charge is 0.179 e. The van der Waals surface area contributed by atoms with E-state index in [-0.39, 0.29) is 6.10 Å². The molecule has 24 heavy (non-hydrogen) atoms. The van der Waals surface area contributed by atoms with Gasteiger partial charge in [-0.05, 0) is 50.6 Å². The Morgan fingerprint density at radius 3 is 2.54 bits per heavy atom. The largest absolute Gasteiger partial charge is 0.491 e. The third-order valence-corrected chi connectivity index (χ3v) is 5.86. The Hall–Kier alpha value is -0.640. The van der Waals surface area contributed by atoms with Crippen LogP contribution in [0.2, 0.25) is 10.0 Å². The fraction of sp³-hybridized carbons (Fsp3) is 0.684. The van der Waals surface area contributed by atoms with Crippen molar-refractivity contribution in [1.29, 1.82) is 0 Å². The Labute approximate surface area is 155 Å². The highest BCUT2D eigenvalue weighted by molar-refractivity contribution is 6.35. The molecular weight excluding hydrogens is 345 g/mol. The van der Waals surface area contributed by atoms with Gasteiger partial charge in [0.15, 0.2) is 11.5 Å². The molecule has 1 aliphatic heterocycles. The minimum Gasteiger partial charge on any atom is -0.491 e. The maximum atomic E-state index is 6.22. The van der Waals surface area contributed by atoms with E-state index in [1.165, 1.54) is 38.5 Å². The zero-order chi connectivity index (χ0) is 16.9. The lowest BCUT2D eigenvalue weighted by Crippen LogP contribution is -2.36. The second-order valence-corrected chi connectivity index (χ2v) is 7.83. The van der Waals surface area contributed by atoms with E-state index in [9.17, 15) is 0 Å². The Morgan fingerprint density at radius 2 is 1.79 bits per heavy atom. The van der Waals surface area contributed by atoms with Crippen LogP contribution in [0.1, 0.15) is 51.4 Å². The van der Waals surface area contributed by atoms with E-state index in [0.717, 1.165) is 25.3 Å². The third-order valence-electron chi connectivity index (χ3n) is 5.36. The number of methoxy groups -OCH3 is 1. The van der Waals surface area contributed by atoms with Crippen LogP contribution < -0.4 is 14.8 Å². The standard InChI is InChI=1S/C19H27Cl2NO2/c1-23-19-16(21)11-14(20)12-18(19)24-15-7-8-17(22-10-9-15)13-5-3-2-4-6-13/h11-13,15,17,22H,2-10H2,1H3. The van der Waals surface area contributed by atoms with Crippen LogP contribution in [-0.2, 0) is 0 Å². The average molecular weight is 372 g/mol. The topological polar surface area (TPSA) is 30.5 Å². The molecule has 1 saturated carbocycles. The van der Waals surface area contributed by atoms with Gasteiger partial charge in [0.2, 0.25) is 0 Å². The Kier molecular flexibility index (Phi) is 6.54. The molecular formula is C19H27Cl2NO2. The van der Waals surface area contributed by atoms with Crippen LogP contribution in [0.5, 0.6) is 11.5 Å². The molecule has 3 nitrogen and oxygen atoms in total. The van der Waals surface area contributed by atoms with Crippen LogP contribution in [0.4, 0.5) is 0 Å². The first kappa shape index (κ1) is 18.2. The summed E-state index contributed by atoms with van der Waals surface area (Å²) < 4.78 is 11.6. The van der Waals surface area contributed by atoms with Crippen LogP contribution in [0.15, 0.2) is 12.1 Å². The molecule has 0 aromatic heterocycles. The van der Waals surface area contributed by atoms with Crippen molar-refractivity contribution in [2.75, 3.05) is 13.7 Å². The molecule has 1 aromatic carbocycles. The van der Waals surface area contributed by atoms with Gasteiger partial charge in [0.25, 0.3) is 0 Å². The van der Waals surface area contributed by atoms with Gasteiger partial charge in [-0.25, -0.2) is 0 Å². The van der Waals surface area contributed by atoms with Crippen molar-refractivity contribution in [3.63, 3.8) is 0 Å². The summed E-state index contributed by atoms with van der Waals surface area (Å²) in [5, 5.41) is 4.82. The van der Waals surface area contributed by atoms with Gasteiger partial charge in [-0.2, -0.15) is 0 Å². The number of nitrogens with one attached hydrogen (secondary N) is 1. The molecule has 0 bridgehead atoms. The van der Waals surface area contributed by atoms with Crippen molar-refractivity contribution in [3.05, 3.63) is 22.2 Å². The molecule has 0 radical (unpaired) electrons. The molecule has 0 spiro atoms. The molecule has 3 rings (SSSR count). The molecule has 1 aliphatic carbocycles. The molecule has 0 amide bonds. The first-order valence-electron chi connectivity index (χ1n) is 9.10. The zero-order valence-electron chi connectivity index (χ0n) is 14.3. The van der Waals surface area contributed by atoms with Crippen molar-refractivity contribution >= 4 is 23.2 Å². The number of hydrogen-bond acceptors (Lipinski definition) is 3. The number of ether oxygens (including phenoxy) is 2. The summed E-state index contributed by atoms with van der Waals surface area (Å²) >= 11 is 12.3. The van der Waals surface area contributed by atoms with Crippen molar-refractivity contribution in [1.82, 2.24) is 5.32 Å². The fourth-order valence-electron chi connectivity index (χ4n) is 4.10. The molecule has 1 aromatic rings. The minimum atomic E-state index is 0.175. The predicted molar refractivity (Wildman–Crippen MR) is 99.6 cm³/mol. The highest BCUT2D eigenvalue weighted by Gasteiger charge is 2.27. The summed E-state index contributed by atoms with van der Waals surface area (Å²) in [4.78, 5) is 0. The summed E-state index contributed by atoms with van der Waals surface area (Å²) in [5.41, 5.74) is 0. The van der Waals surface area contributed by atoms with Gasteiger partial charge in [-0.3, -0.25) is 0 Å². The minimum absolute atomic E-state index is 0.175. The Bertz CT molecular complexity index is 546. The summed E-state index contributed by atoms with van der Waals surface area (Å²) in [5.74, 6) is 2.06. The van der Waals surface area contributed by atoms with Gasteiger partial charge in [0.05, 0.1) is 12.1 Å². The first-order valence-corrected chi connectivity index (χ1v) is 9.86. The van der Waals surface area contributed by atoms with E-state index < -0.39 is 0 Å². The summed E-state index contributed by atoms with van der Waals surface area (Å²) in [6.45, 7) is 1.00. The van der Waals surface area contributed by atoms with Crippen molar-refractivity contribution in [2.45, 2.75) is 63.5 Å². The highest BCUT2D eigenvalue weighted by atomic mass is 35.5. The lowest BCUT2D eigenvalue weighted by Gasteiger charge is -2.30. The van der Waals surface area contributed by atoms with Gasteiger partial charge in [-0.1, -0.05) is 42.5 Å². The summed E-state index contributed by atoms with van der Waals surface area (Å²) in [7, 11) is 1.61. The van der Waals surface area contributed by atoms with E-state index in [4.69, 9.17) is 32.7 Å². The predicted octanol–water partition coefficient (Wildman–Crippen LogP) is 5.47. The Balaban J connectivity index is 1.62. The fourth-order valence-corrected chi connectivity index (χ4v) is 4.65. The van der Waals surface area contributed by atoms with Crippen LogP contribution in [0, 0.1) is 5.92 Å². The van der Waals surface area contributed by atoms with E-state index in [1.54, 1.807) is 19.2 Å². The molecule has 2 fully saturated rings. The molecule has 1 saturated heterocycles. The van der Waals surface area contributed by atoms with Crippen LogP contribution >= 0.6 is 23.2 Å². The SMILES string of the molecule is COc1c(Cl)cc(Cl)cc1OC1CCNC(C2CCCCC2)CC1. The van der Waals surface area contributed by atoms with Gasteiger partial charge in [-0.15, -0.1) is 0 Å². The van der Waals surface area contributed by atoms with Crippen molar-refractivity contribution < 1.29 is 9.47 Å². The van der Waals surface area contributed by atoms with Crippen LogP contribution in [0.25, 0.3) is 0 Å². The summed E-state index contributed by atoms with van der Waals surface area (Å²) in [6.07, 6.45) is 10.3. The van der Waals surface area contributed by atoms with E-state index >= 15 is 0 Å². The maximum Gasteiger partial charge on any atom is 0.179 e. The van der Waals surface area contributed by atoms with Gasteiger partial charge in [0.1, 0.15) is 6.10 Å². The molecule has 2 aliphatic rings. The first-order chi connectivity index (χ1) is 11.7. The number of benzene rings is 1. The van der Waals surface area contributed by atoms with Crippen molar-refractivity contribution in [3.8, 4) is 11.5 Å². The zero-order valence-corrected chi connectivity index (χ0v) is 15.8. The normalized spacial score (nSPS) is 26.0. The molecule has 2 atom stereocenters. The highest BCUT2D eigenvalue weighted by Crippen LogP contribution is 2.39. The maximum absolute atomic E-state index is 6.22. The van der Waals surface area contributed by atoms with Crippen molar-refractivity contribution in [2.24, 2.45) is 5.92 Å². The molecule has 1 N–H and O–H groups in total. The number of rotatable bonds is 4. The summed E-state index contributed by atoms with van der Waals surface area (Å²) in [6, 6.07) is 4.12. The Morgan fingerprint density at radius 1 is 1.00 bits per heavy atom. The average Bonchev–Trinajstić information content (AvgIpc) is 2.81. The lowest BCUT2D eigenvalue weighted by molar-refractivity contribution is 0.176. The van der Waals surface area contributed by atoms with Crippen LogP contribution in [0.3, 0.4) is 0 Å². The molecule has 134 valence electrons. The van der Waals surface area contributed by atoms with Crippen LogP contribution in [-0.4, -0.2) is 25.8 Å². The molecule has 5 heteroatoms. The van der Waals surface area contributed by atoms with Gasteiger partial charge < -0.3 is 14.8 Å². The van der Waals surface area contributed by atoms with Gasteiger partial charge in [0, 0.05) is 17.1 Å². The van der Waals surface area contributed by atoms with E-state index in [2.05, 4.69) is 5.32 Å². The molecule has 1 heterocycles. The number of halogens is 2. The second-order valence-electron chi connectivity index (χ2n) is 6.98. The quantitative estimate of drug-likeness (QED) is 0.760. The van der Waals surface area contributed by atoms with E-state index in [0.29, 0.717) is 27.6 Å². The van der Waals surface area contributed by atoms with E-state index in [1.807, 2.05) is 0 Å². The van der Waals surface area contributed by atoms with Gasteiger partial charge >= 0.3 is 0 Å². The second kappa shape index (κ2) is 8.64. The lowest BCUT2D eigenvalue weighted by atomic mass is 9.82. The third kappa shape index (κ3) is 4.50. The molecule has 2 unspecified atom stereocenters. The monoisotopic (exact) mass is 371 g/mol.